The van der Waals surface area contributed by atoms with Crippen LogP contribution in [0, 0.1) is 0 Å². The molecule has 0 spiro atoms. The monoisotopic (exact) mass is 383 g/mol. The third kappa shape index (κ3) is 5.59. The molecule has 5 nitrogen and oxygen atoms in total. The molecule has 0 unspecified atom stereocenters. The molecule has 0 saturated heterocycles. The van der Waals surface area contributed by atoms with Crippen LogP contribution in [0.5, 0.6) is 11.6 Å². The zero-order valence-corrected chi connectivity index (χ0v) is 15.4. The molecule has 1 aromatic heterocycles. The fraction of sp³-hybridized carbons (Fsp3) is 0.333. The Balaban J connectivity index is 0.00000156. The van der Waals surface area contributed by atoms with Crippen molar-refractivity contribution < 1.29 is 9.53 Å². The Kier molecular flexibility index (Phi) is 8.16. The number of para-hydroxylation sites is 1. The van der Waals surface area contributed by atoms with E-state index in [0.717, 1.165) is 37.9 Å². The summed E-state index contributed by atoms with van der Waals surface area (Å²) < 4.78 is 5.63. The number of halogens is 2. The first-order valence-corrected chi connectivity index (χ1v) is 7.95. The fourth-order valence-electron chi connectivity index (χ4n) is 2.79. The van der Waals surface area contributed by atoms with Gasteiger partial charge in [-0.05, 0) is 31.0 Å². The summed E-state index contributed by atoms with van der Waals surface area (Å²) in [6.45, 7) is 0. The second-order valence-electron chi connectivity index (χ2n) is 5.97. The van der Waals surface area contributed by atoms with Gasteiger partial charge < -0.3 is 15.8 Å². The molecule has 0 radical (unpaired) electrons. The van der Waals surface area contributed by atoms with Crippen LogP contribution in [0.15, 0.2) is 48.7 Å². The van der Waals surface area contributed by atoms with Gasteiger partial charge in [0.05, 0.1) is 17.4 Å². The minimum Gasteiger partial charge on any atom is -0.439 e. The molecule has 0 bridgehead atoms. The summed E-state index contributed by atoms with van der Waals surface area (Å²) in [5, 5.41) is 2.86. The smallest absolute Gasteiger partial charge is 0.244 e. The van der Waals surface area contributed by atoms with Crippen molar-refractivity contribution in [3.8, 4) is 11.6 Å². The highest BCUT2D eigenvalue weighted by Gasteiger charge is 2.35. The van der Waals surface area contributed by atoms with Crippen LogP contribution in [0.25, 0.3) is 0 Å². The van der Waals surface area contributed by atoms with E-state index in [0.29, 0.717) is 11.6 Å². The Hall–Kier alpha value is -1.82. The molecule has 1 heterocycles. The number of rotatable bonds is 4. The summed E-state index contributed by atoms with van der Waals surface area (Å²) in [5.74, 6) is 1.07. The summed E-state index contributed by atoms with van der Waals surface area (Å²) >= 11 is 0. The number of anilines is 1. The molecule has 1 aliphatic rings. The average molecular weight is 384 g/mol. The lowest BCUT2D eigenvalue weighted by Crippen LogP contribution is -2.52. The van der Waals surface area contributed by atoms with Crippen LogP contribution in [0.1, 0.15) is 32.1 Å². The number of hydrogen-bond donors (Lipinski definition) is 2. The van der Waals surface area contributed by atoms with Crippen LogP contribution in [0.4, 0.5) is 5.69 Å². The third-order valence-electron chi connectivity index (χ3n) is 4.16. The summed E-state index contributed by atoms with van der Waals surface area (Å²) in [5.41, 5.74) is 6.10. The number of carbonyl (C=O) groups is 1. The second-order valence-corrected chi connectivity index (χ2v) is 5.97. The van der Waals surface area contributed by atoms with Crippen molar-refractivity contribution in [1.82, 2.24) is 4.98 Å². The fourth-order valence-corrected chi connectivity index (χ4v) is 2.79. The van der Waals surface area contributed by atoms with Crippen molar-refractivity contribution in [2.45, 2.75) is 37.6 Å². The number of pyridine rings is 1. The molecular weight excluding hydrogens is 361 g/mol. The quantitative estimate of drug-likeness (QED) is 0.823. The molecule has 0 aliphatic heterocycles. The first-order chi connectivity index (χ1) is 11.2. The summed E-state index contributed by atoms with van der Waals surface area (Å²) in [6, 6.07) is 12.9. The third-order valence-corrected chi connectivity index (χ3v) is 4.16. The van der Waals surface area contributed by atoms with Crippen LogP contribution in [-0.2, 0) is 4.79 Å². The molecule has 3 rings (SSSR count). The van der Waals surface area contributed by atoms with Gasteiger partial charge in [0.25, 0.3) is 0 Å². The van der Waals surface area contributed by atoms with Crippen LogP contribution < -0.4 is 15.8 Å². The van der Waals surface area contributed by atoms with Crippen molar-refractivity contribution in [2.24, 2.45) is 5.73 Å². The van der Waals surface area contributed by atoms with E-state index in [1.807, 2.05) is 30.3 Å². The molecule has 2 aromatic rings. The Morgan fingerprint density at radius 1 is 1.04 bits per heavy atom. The lowest BCUT2D eigenvalue weighted by atomic mass is 9.82. The molecular formula is C18H23Cl2N3O2. The minimum absolute atomic E-state index is 0. The highest BCUT2D eigenvalue weighted by molar-refractivity contribution is 5.97. The van der Waals surface area contributed by atoms with E-state index in [-0.39, 0.29) is 30.7 Å². The van der Waals surface area contributed by atoms with E-state index in [4.69, 9.17) is 10.5 Å². The van der Waals surface area contributed by atoms with Crippen LogP contribution in [-0.4, -0.2) is 16.4 Å². The van der Waals surface area contributed by atoms with E-state index in [2.05, 4.69) is 10.3 Å². The van der Waals surface area contributed by atoms with Gasteiger partial charge in [-0.3, -0.25) is 4.79 Å². The number of benzene rings is 1. The van der Waals surface area contributed by atoms with Crippen LogP contribution >= 0.6 is 24.8 Å². The van der Waals surface area contributed by atoms with Gasteiger partial charge in [-0.2, -0.15) is 0 Å². The normalized spacial score (nSPS) is 15.2. The van der Waals surface area contributed by atoms with Gasteiger partial charge in [0, 0.05) is 6.07 Å². The number of nitrogens with one attached hydrogen (secondary N) is 1. The summed E-state index contributed by atoms with van der Waals surface area (Å²) in [6.07, 6.45) is 6.22. The number of ether oxygens (including phenoxy) is 1. The predicted molar refractivity (Wildman–Crippen MR) is 104 cm³/mol. The zero-order chi connectivity index (χ0) is 16.1. The molecule has 25 heavy (non-hydrogen) atoms. The molecule has 1 amide bonds. The second kappa shape index (κ2) is 9.61. The molecule has 1 saturated carbocycles. The lowest BCUT2D eigenvalue weighted by Gasteiger charge is -2.31. The largest absolute Gasteiger partial charge is 0.439 e. The molecule has 3 N–H and O–H groups in total. The number of hydrogen-bond acceptors (Lipinski definition) is 4. The molecule has 136 valence electrons. The molecule has 1 aliphatic carbocycles. The van der Waals surface area contributed by atoms with Gasteiger partial charge in [0.15, 0.2) is 0 Å². The standard InChI is InChI=1S/C18H21N3O2.2ClH/c19-18(11-5-2-6-12-18)17(22)21-14-9-10-16(20-13-14)23-15-7-3-1-4-8-15;;/h1,3-4,7-10,13H,2,5-6,11-12,19H2,(H,21,22);2*1H. The maximum Gasteiger partial charge on any atom is 0.244 e. The minimum atomic E-state index is -0.753. The maximum atomic E-state index is 12.4. The Morgan fingerprint density at radius 3 is 2.32 bits per heavy atom. The molecule has 0 atom stereocenters. The van der Waals surface area contributed by atoms with Gasteiger partial charge >= 0.3 is 0 Å². The Labute approximate surface area is 160 Å². The van der Waals surface area contributed by atoms with Gasteiger partial charge in [-0.1, -0.05) is 37.5 Å². The highest BCUT2D eigenvalue weighted by atomic mass is 35.5. The molecule has 7 heteroatoms. The Morgan fingerprint density at radius 2 is 1.72 bits per heavy atom. The van der Waals surface area contributed by atoms with Crippen molar-refractivity contribution in [2.75, 3.05) is 5.32 Å². The number of carbonyl (C=O) groups excluding carboxylic acids is 1. The number of aromatic nitrogens is 1. The van der Waals surface area contributed by atoms with E-state index in [1.165, 1.54) is 0 Å². The SMILES string of the molecule is Cl.Cl.NC1(C(=O)Nc2ccc(Oc3ccccc3)nc2)CCCCC1. The van der Waals surface area contributed by atoms with Crippen molar-refractivity contribution >= 4 is 36.4 Å². The van der Waals surface area contributed by atoms with E-state index >= 15 is 0 Å². The number of nitrogens with two attached hydrogens (primary N) is 1. The summed E-state index contributed by atoms with van der Waals surface area (Å²) in [7, 11) is 0. The number of amides is 1. The van der Waals surface area contributed by atoms with Gasteiger partial charge in [-0.25, -0.2) is 4.98 Å². The predicted octanol–water partition coefficient (Wildman–Crippen LogP) is 4.32. The van der Waals surface area contributed by atoms with Crippen molar-refractivity contribution in [3.05, 3.63) is 48.7 Å². The van der Waals surface area contributed by atoms with E-state index in [9.17, 15) is 4.79 Å². The first kappa shape index (κ1) is 21.2. The van der Waals surface area contributed by atoms with E-state index in [1.54, 1.807) is 18.3 Å². The molecule has 1 aromatic carbocycles. The van der Waals surface area contributed by atoms with Gasteiger partial charge in [0.1, 0.15) is 5.75 Å². The average Bonchev–Trinajstić information content (AvgIpc) is 2.58. The van der Waals surface area contributed by atoms with Crippen molar-refractivity contribution in [3.63, 3.8) is 0 Å². The first-order valence-electron chi connectivity index (χ1n) is 7.95. The highest BCUT2D eigenvalue weighted by Crippen LogP contribution is 2.27. The van der Waals surface area contributed by atoms with Crippen molar-refractivity contribution in [1.29, 1.82) is 0 Å². The topological polar surface area (TPSA) is 77.2 Å². The number of nitrogens with zero attached hydrogens (tertiary/aromatic N) is 1. The molecule has 1 fully saturated rings. The van der Waals surface area contributed by atoms with Crippen LogP contribution in [0.2, 0.25) is 0 Å². The Bertz CT molecular complexity index is 660. The maximum absolute atomic E-state index is 12.4. The summed E-state index contributed by atoms with van der Waals surface area (Å²) in [4.78, 5) is 16.6. The zero-order valence-electron chi connectivity index (χ0n) is 13.8. The van der Waals surface area contributed by atoms with Crippen LogP contribution in [0.3, 0.4) is 0 Å². The van der Waals surface area contributed by atoms with Gasteiger partial charge in [0.2, 0.25) is 11.8 Å². The lowest BCUT2D eigenvalue weighted by molar-refractivity contribution is -0.122. The van der Waals surface area contributed by atoms with Gasteiger partial charge in [-0.15, -0.1) is 24.8 Å². The van der Waals surface area contributed by atoms with E-state index < -0.39 is 5.54 Å².